The summed E-state index contributed by atoms with van der Waals surface area (Å²) in [5.41, 5.74) is 5.42. The standard InChI is InChI=1S/C6H11BrN2/c1-3-4-6(8)9-5(2)7/h3-5H,1-2H3,(H2,8,9)/b4-3-. The van der Waals surface area contributed by atoms with Gasteiger partial charge in [0.2, 0.25) is 0 Å². The third kappa shape index (κ3) is 5.56. The van der Waals surface area contributed by atoms with E-state index < -0.39 is 0 Å². The molecule has 0 saturated heterocycles. The van der Waals surface area contributed by atoms with E-state index in [1.54, 1.807) is 6.08 Å². The lowest BCUT2D eigenvalue weighted by Crippen LogP contribution is -2.09. The highest BCUT2D eigenvalue weighted by atomic mass is 79.9. The fourth-order valence-electron chi connectivity index (χ4n) is 0.419. The molecule has 3 heteroatoms. The number of hydrogen-bond acceptors (Lipinski definition) is 1. The van der Waals surface area contributed by atoms with E-state index in [1.165, 1.54) is 0 Å². The van der Waals surface area contributed by atoms with E-state index in [0.29, 0.717) is 5.84 Å². The van der Waals surface area contributed by atoms with Crippen LogP contribution in [0.5, 0.6) is 0 Å². The predicted octanol–water partition coefficient (Wildman–Crippen LogP) is 1.66. The van der Waals surface area contributed by atoms with Crippen molar-refractivity contribution in [2.24, 2.45) is 10.7 Å². The molecule has 0 aliphatic heterocycles. The molecule has 2 N–H and O–H groups in total. The van der Waals surface area contributed by atoms with Crippen molar-refractivity contribution in [3.8, 4) is 0 Å². The Morgan fingerprint density at radius 1 is 1.78 bits per heavy atom. The molecular formula is C6H11BrN2. The summed E-state index contributed by atoms with van der Waals surface area (Å²) in [6.07, 6.45) is 3.62. The average Bonchev–Trinajstić information content (AvgIpc) is 1.63. The fraction of sp³-hybridized carbons (Fsp3) is 0.500. The summed E-state index contributed by atoms with van der Waals surface area (Å²) < 4.78 is 0. The van der Waals surface area contributed by atoms with Crippen LogP contribution in [-0.2, 0) is 0 Å². The Morgan fingerprint density at radius 3 is 2.67 bits per heavy atom. The second kappa shape index (κ2) is 4.56. The highest BCUT2D eigenvalue weighted by Crippen LogP contribution is 1.97. The van der Waals surface area contributed by atoms with Gasteiger partial charge in [-0.15, -0.1) is 0 Å². The first-order valence-corrected chi connectivity index (χ1v) is 3.68. The highest BCUT2D eigenvalue weighted by molar-refractivity contribution is 9.09. The molecule has 1 atom stereocenters. The number of alkyl halides is 1. The molecule has 1 unspecified atom stereocenters. The molecule has 2 nitrogen and oxygen atoms in total. The second-order valence-corrected chi connectivity index (χ2v) is 2.95. The lowest BCUT2D eigenvalue weighted by molar-refractivity contribution is 1.06. The molecule has 0 aromatic heterocycles. The van der Waals surface area contributed by atoms with Gasteiger partial charge in [0.1, 0.15) is 10.8 Å². The van der Waals surface area contributed by atoms with Crippen LogP contribution in [0.1, 0.15) is 13.8 Å². The highest BCUT2D eigenvalue weighted by Gasteiger charge is 1.88. The summed E-state index contributed by atoms with van der Waals surface area (Å²) >= 11 is 3.24. The molecule has 0 fully saturated rings. The number of aliphatic imine (C=N–C) groups is 1. The zero-order chi connectivity index (χ0) is 7.28. The number of halogens is 1. The number of hydrogen-bond donors (Lipinski definition) is 1. The van der Waals surface area contributed by atoms with Crippen LogP contribution in [0.25, 0.3) is 0 Å². The third-order valence-electron chi connectivity index (χ3n) is 0.664. The minimum absolute atomic E-state index is 0.105. The van der Waals surface area contributed by atoms with E-state index >= 15 is 0 Å². The summed E-state index contributed by atoms with van der Waals surface area (Å²) in [4.78, 5) is 4.10. The molecule has 0 radical (unpaired) electrons. The molecule has 0 heterocycles. The number of nitrogens with zero attached hydrogens (tertiary/aromatic N) is 1. The number of rotatable bonds is 2. The Labute approximate surface area is 64.0 Å². The zero-order valence-corrected chi connectivity index (χ0v) is 7.22. The SMILES string of the molecule is C/C=C\C(N)=NC(C)Br. The summed E-state index contributed by atoms with van der Waals surface area (Å²) in [6.45, 7) is 3.82. The van der Waals surface area contributed by atoms with Crippen LogP contribution in [0, 0.1) is 0 Å². The minimum atomic E-state index is 0.105. The largest absolute Gasteiger partial charge is 0.384 e. The van der Waals surface area contributed by atoms with Gasteiger partial charge in [0.15, 0.2) is 0 Å². The Hall–Kier alpha value is -0.310. The van der Waals surface area contributed by atoms with Gasteiger partial charge in [-0.3, -0.25) is 4.99 Å². The van der Waals surface area contributed by atoms with Crippen molar-refractivity contribution in [2.75, 3.05) is 0 Å². The van der Waals surface area contributed by atoms with Crippen molar-refractivity contribution in [2.45, 2.75) is 18.8 Å². The molecular weight excluding hydrogens is 180 g/mol. The van der Waals surface area contributed by atoms with Crippen LogP contribution in [-0.4, -0.2) is 10.8 Å². The summed E-state index contributed by atoms with van der Waals surface area (Å²) in [5, 5.41) is 0. The molecule has 9 heavy (non-hydrogen) atoms. The van der Waals surface area contributed by atoms with Crippen molar-refractivity contribution in [3.63, 3.8) is 0 Å². The first-order valence-electron chi connectivity index (χ1n) is 2.77. The molecule has 0 aromatic carbocycles. The average molecular weight is 191 g/mol. The zero-order valence-electron chi connectivity index (χ0n) is 5.63. The van der Waals surface area contributed by atoms with Crippen molar-refractivity contribution in [1.82, 2.24) is 0 Å². The number of nitrogens with two attached hydrogens (primary N) is 1. The molecule has 0 aliphatic rings. The maximum absolute atomic E-state index is 5.42. The third-order valence-corrected chi connectivity index (χ3v) is 0.869. The van der Waals surface area contributed by atoms with E-state index in [-0.39, 0.29) is 4.95 Å². The van der Waals surface area contributed by atoms with E-state index in [4.69, 9.17) is 5.73 Å². The number of amidine groups is 1. The van der Waals surface area contributed by atoms with Crippen LogP contribution in [0.4, 0.5) is 0 Å². The second-order valence-electron chi connectivity index (χ2n) is 1.63. The molecule has 0 amide bonds. The van der Waals surface area contributed by atoms with Crippen molar-refractivity contribution >= 4 is 21.8 Å². The summed E-state index contributed by atoms with van der Waals surface area (Å²) in [6, 6.07) is 0. The first kappa shape index (κ1) is 8.69. The molecule has 0 aromatic rings. The van der Waals surface area contributed by atoms with E-state index in [1.807, 2.05) is 19.9 Å². The van der Waals surface area contributed by atoms with Gasteiger partial charge < -0.3 is 5.73 Å². The molecule has 0 spiro atoms. The van der Waals surface area contributed by atoms with Gasteiger partial charge in [0.05, 0.1) is 0 Å². The normalized spacial score (nSPS) is 16.6. The van der Waals surface area contributed by atoms with E-state index in [2.05, 4.69) is 20.9 Å². The van der Waals surface area contributed by atoms with E-state index in [9.17, 15) is 0 Å². The monoisotopic (exact) mass is 190 g/mol. The van der Waals surface area contributed by atoms with Gasteiger partial charge in [0.25, 0.3) is 0 Å². The van der Waals surface area contributed by atoms with Gasteiger partial charge in [-0.25, -0.2) is 0 Å². The predicted molar refractivity (Wildman–Crippen MR) is 44.8 cm³/mol. The molecule has 0 aliphatic carbocycles. The number of allylic oxidation sites excluding steroid dienone is 1. The van der Waals surface area contributed by atoms with Crippen LogP contribution in [0.15, 0.2) is 17.1 Å². The van der Waals surface area contributed by atoms with Gasteiger partial charge in [-0.1, -0.05) is 22.0 Å². The Balaban J connectivity index is 3.84. The van der Waals surface area contributed by atoms with Crippen LogP contribution >= 0.6 is 15.9 Å². The van der Waals surface area contributed by atoms with E-state index in [0.717, 1.165) is 0 Å². The molecule has 0 bridgehead atoms. The Bertz CT molecular complexity index is 127. The van der Waals surface area contributed by atoms with Crippen molar-refractivity contribution in [1.29, 1.82) is 0 Å². The van der Waals surface area contributed by atoms with Gasteiger partial charge in [-0.05, 0) is 19.9 Å². The maximum Gasteiger partial charge on any atom is 0.119 e. The summed E-state index contributed by atoms with van der Waals surface area (Å²) in [5.74, 6) is 0.557. The van der Waals surface area contributed by atoms with Gasteiger partial charge in [-0.2, -0.15) is 0 Å². The van der Waals surface area contributed by atoms with Crippen LogP contribution < -0.4 is 5.73 Å². The van der Waals surface area contributed by atoms with Crippen LogP contribution in [0.3, 0.4) is 0 Å². The van der Waals surface area contributed by atoms with Crippen molar-refractivity contribution < 1.29 is 0 Å². The van der Waals surface area contributed by atoms with Gasteiger partial charge >= 0.3 is 0 Å². The first-order chi connectivity index (χ1) is 4.16. The molecule has 52 valence electrons. The Kier molecular flexibility index (Phi) is 4.40. The molecule has 0 rings (SSSR count). The maximum atomic E-state index is 5.42. The van der Waals surface area contributed by atoms with Crippen LogP contribution in [0.2, 0.25) is 0 Å². The quantitative estimate of drug-likeness (QED) is 0.306. The molecule has 0 saturated carbocycles. The van der Waals surface area contributed by atoms with Gasteiger partial charge in [0, 0.05) is 0 Å². The smallest absolute Gasteiger partial charge is 0.119 e. The Morgan fingerprint density at radius 2 is 2.33 bits per heavy atom. The topological polar surface area (TPSA) is 38.4 Å². The summed E-state index contributed by atoms with van der Waals surface area (Å²) in [7, 11) is 0. The lowest BCUT2D eigenvalue weighted by atomic mass is 10.5. The lowest BCUT2D eigenvalue weighted by Gasteiger charge is -1.93. The minimum Gasteiger partial charge on any atom is -0.384 e. The fourth-order valence-corrected chi connectivity index (χ4v) is 0.656. The van der Waals surface area contributed by atoms with Crippen molar-refractivity contribution in [3.05, 3.63) is 12.2 Å².